The van der Waals surface area contributed by atoms with Crippen molar-refractivity contribution in [3.63, 3.8) is 0 Å². The van der Waals surface area contributed by atoms with Crippen molar-refractivity contribution in [2.45, 2.75) is 26.2 Å². The predicted octanol–water partition coefficient (Wildman–Crippen LogP) is 2.59. The van der Waals surface area contributed by atoms with E-state index in [0.717, 1.165) is 23.1 Å². The molecule has 2 atom stereocenters. The van der Waals surface area contributed by atoms with Gasteiger partial charge >= 0.3 is 0 Å². The second-order valence-corrected chi connectivity index (χ2v) is 8.88. The molecule has 1 fully saturated rings. The third kappa shape index (κ3) is 2.34. The molecule has 0 spiro atoms. The molecule has 2 unspecified atom stereocenters. The Morgan fingerprint density at radius 3 is 2.96 bits per heavy atom. The number of nitrogens with one attached hydrogen (secondary N) is 1. The first-order valence-electron chi connectivity index (χ1n) is 8.42. The minimum atomic E-state index is -3.15. The van der Waals surface area contributed by atoms with Gasteiger partial charge in [-0.2, -0.15) is 0 Å². The maximum absolute atomic E-state index is 12.3. The molecular formula is C17H22N4O2S. The molecule has 6 nitrogen and oxygen atoms in total. The molecule has 0 aromatic carbocycles. The third-order valence-corrected chi connectivity index (χ3v) is 7.12. The summed E-state index contributed by atoms with van der Waals surface area (Å²) in [5.74, 6) is 0.784. The van der Waals surface area contributed by atoms with Crippen molar-refractivity contribution in [1.29, 1.82) is 0 Å². The van der Waals surface area contributed by atoms with Crippen LogP contribution in [0.2, 0.25) is 0 Å². The summed E-state index contributed by atoms with van der Waals surface area (Å²) in [5, 5.41) is 0. The Bertz CT molecular complexity index is 989. The van der Waals surface area contributed by atoms with E-state index in [1.165, 1.54) is 5.69 Å². The van der Waals surface area contributed by atoms with E-state index in [9.17, 15) is 8.42 Å². The Labute approximate surface area is 141 Å². The van der Waals surface area contributed by atoms with Crippen LogP contribution < -0.4 is 0 Å². The average Bonchev–Trinajstić information content (AvgIpc) is 3.20. The Morgan fingerprint density at radius 2 is 2.17 bits per heavy atom. The second-order valence-electron chi connectivity index (χ2n) is 6.62. The molecule has 0 saturated carbocycles. The maximum atomic E-state index is 12.3. The van der Waals surface area contributed by atoms with Crippen LogP contribution in [0.25, 0.3) is 16.7 Å². The summed E-state index contributed by atoms with van der Waals surface area (Å²) in [6, 6.07) is 6.20. The molecule has 0 radical (unpaired) electrons. The molecular weight excluding hydrogens is 324 g/mol. The molecule has 0 bridgehead atoms. The fourth-order valence-corrected chi connectivity index (χ4v) is 4.90. The van der Waals surface area contributed by atoms with Gasteiger partial charge in [-0.1, -0.05) is 6.92 Å². The number of aromatic amines is 1. The normalized spacial score (nSPS) is 23.2. The van der Waals surface area contributed by atoms with Crippen molar-refractivity contribution in [3.05, 3.63) is 36.3 Å². The zero-order valence-corrected chi connectivity index (χ0v) is 14.8. The SMILES string of the molecule is CCS(=O)(=O)N1CCC(C)C(c2ccc3cnc4[nH]ccc4n23)C1. The fourth-order valence-electron chi connectivity index (χ4n) is 3.76. The number of piperidine rings is 1. The van der Waals surface area contributed by atoms with Crippen molar-refractivity contribution < 1.29 is 8.42 Å². The van der Waals surface area contributed by atoms with Gasteiger partial charge in [0, 0.05) is 30.9 Å². The number of nitrogens with zero attached hydrogens (tertiary/aromatic N) is 3. The third-order valence-electron chi connectivity index (χ3n) is 5.27. The van der Waals surface area contributed by atoms with Gasteiger partial charge in [-0.25, -0.2) is 17.7 Å². The molecule has 0 aliphatic carbocycles. The summed E-state index contributed by atoms with van der Waals surface area (Å²) in [7, 11) is -3.15. The van der Waals surface area contributed by atoms with E-state index >= 15 is 0 Å². The molecule has 128 valence electrons. The quantitative estimate of drug-likeness (QED) is 0.792. The molecule has 7 heteroatoms. The fraction of sp³-hybridized carbons (Fsp3) is 0.471. The van der Waals surface area contributed by atoms with Crippen LogP contribution in [0.4, 0.5) is 0 Å². The number of H-pyrrole nitrogens is 1. The van der Waals surface area contributed by atoms with Crippen LogP contribution in [0.3, 0.4) is 0 Å². The van der Waals surface area contributed by atoms with Gasteiger partial charge in [0.2, 0.25) is 10.0 Å². The Morgan fingerprint density at radius 1 is 1.33 bits per heavy atom. The van der Waals surface area contributed by atoms with Crippen LogP contribution in [0.15, 0.2) is 30.6 Å². The summed E-state index contributed by atoms with van der Waals surface area (Å²) in [4.78, 5) is 7.58. The minimum Gasteiger partial charge on any atom is -0.345 e. The van der Waals surface area contributed by atoms with Crippen LogP contribution >= 0.6 is 0 Å². The first-order chi connectivity index (χ1) is 11.5. The van der Waals surface area contributed by atoms with Crippen LogP contribution in [-0.4, -0.2) is 45.9 Å². The highest BCUT2D eigenvalue weighted by atomic mass is 32.2. The van der Waals surface area contributed by atoms with E-state index in [2.05, 4.69) is 33.4 Å². The molecule has 1 saturated heterocycles. The molecule has 0 amide bonds. The summed E-state index contributed by atoms with van der Waals surface area (Å²) in [6.45, 7) is 5.11. The van der Waals surface area contributed by atoms with Crippen molar-refractivity contribution in [2.24, 2.45) is 5.92 Å². The lowest BCUT2D eigenvalue weighted by Gasteiger charge is -2.36. The molecule has 1 aliphatic rings. The molecule has 4 heterocycles. The number of aromatic nitrogens is 3. The van der Waals surface area contributed by atoms with Gasteiger partial charge in [-0.15, -0.1) is 0 Å². The van der Waals surface area contributed by atoms with Crippen molar-refractivity contribution >= 4 is 26.7 Å². The summed E-state index contributed by atoms with van der Waals surface area (Å²) in [5.41, 5.74) is 4.09. The second kappa shape index (κ2) is 5.60. The Hall–Kier alpha value is -1.86. The van der Waals surface area contributed by atoms with Gasteiger partial charge in [0.15, 0.2) is 5.65 Å². The van der Waals surface area contributed by atoms with E-state index in [1.54, 1.807) is 11.2 Å². The van der Waals surface area contributed by atoms with Gasteiger partial charge in [-0.3, -0.25) is 0 Å². The number of hydrogen-bond acceptors (Lipinski definition) is 3. The van der Waals surface area contributed by atoms with E-state index in [-0.39, 0.29) is 11.7 Å². The van der Waals surface area contributed by atoms with Gasteiger partial charge in [-0.05, 0) is 37.5 Å². The lowest BCUT2D eigenvalue weighted by atomic mass is 9.85. The number of sulfonamides is 1. The van der Waals surface area contributed by atoms with Crippen molar-refractivity contribution in [3.8, 4) is 0 Å². The number of rotatable bonds is 3. The van der Waals surface area contributed by atoms with Gasteiger partial charge in [0.05, 0.1) is 23.0 Å². The largest absolute Gasteiger partial charge is 0.345 e. The lowest BCUT2D eigenvalue weighted by Crippen LogP contribution is -2.43. The number of fused-ring (bicyclic) bond motifs is 3. The summed E-state index contributed by atoms with van der Waals surface area (Å²) in [6.07, 6.45) is 4.63. The van der Waals surface area contributed by atoms with E-state index in [4.69, 9.17) is 0 Å². The number of hydrogen-bond donors (Lipinski definition) is 1. The highest BCUT2D eigenvalue weighted by Gasteiger charge is 2.34. The van der Waals surface area contributed by atoms with Gasteiger partial charge in [0.25, 0.3) is 0 Å². The van der Waals surface area contributed by atoms with Crippen LogP contribution in [0, 0.1) is 5.92 Å². The topological polar surface area (TPSA) is 70.5 Å². The Balaban J connectivity index is 1.82. The molecule has 1 N–H and O–H groups in total. The van der Waals surface area contributed by atoms with Gasteiger partial charge in [0.1, 0.15) is 0 Å². The molecule has 4 rings (SSSR count). The predicted molar refractivity (Wildman–Crippen MR) is 94.6 cm³/mol. The van der Waals surface area contributed by atoms with Crippen molar-refractivity contribution in [1.82, 2.24) is 18.7 Å². The van der Waals surface area contributed by atoms with E-state index < -0.39 is 10.0 Å². The smallest absolute Gasteiger partial charge is 0.213 e. The maximum Gasteiger partial charge on any atom is 0.213 e. The van der Waals surface area contributed by atoms with Crippen molar-refractivity contribution in [2.75, 3.05) is 18.8 Å². The standard InChI is InChI=1S/C17H22N4O2S/c1-3-24(22,23)20-9-7-12(2)14(11-20)15-5-4-13-10-19-17-16(21(13)15)6-8-18-17/h4-6,8,10,12,14,18H,3,7,9,11H2,1-2H3. The highest BCUT2D eigenvalue weighted by molar-refractivity contribution is 7.89. The first kappa shape index (κ1) is 15.7. The zero-order chi connectivity index (χ0) is 16.9. The first-order valence-corrected chi connectivity index (χ1v) is 10.0. The monoisotopic (exact) mass is 346 g/mol. The molecule has 1 aliphatic heterocycles. The van der Waals surface area contributed by atoms with E-state index in [0.29, 0.717) is 19.0 Å². The molecule has 3 aromatic heterocycles. The van der Waals surface area contributed by atoms with Crippen LogP contribution in [0.5, 0.6) is 0 Å². The average molecular weight is 346 g/mol. The summed E-state index contributed by atoms with van der Waals surface area (Å²) >= 11 is 0. The Kier molecular flexibility index (Phi) is 3.65. The van der Waals surface area contributed by atoms with Crippen LogP contribution in [0.1, 0.15) is 31.9 Å². The molecule has 24 heavy (non-hydrogen) atoms. The summed E-state index contributed by atoms with van der Waals surface area (Å²) < 4.78 is 28.5. The van der Waals surface area contributed by atoms with Crippen LogP contribution in [-0.2, 0) is 10.0 Å². The zero-order valence-electron chi connectivity index (χ0n) is 13.9. The molecule has 3 aromatic rings. The lowest BCUT2D eigenvalue weighted by molar-refractivity contribution is 0.248. The minimum absolute atomic E-state index is 0.162. The van der Waals surface area contributed by atoms with E-state index in [1.807, 2.05) is 18.5 Å². The highest BCUT2D eigenvalue weighted by Crippen LogP contribution is 2.35. The van der Waals surface area contributed by atoms with Gasteiger partial charge < -0.3 is 9.38 Å².